The molecule has 33 heavy (non-hydrogen) atoms. The van der Waals surface area contributed by atoms with Gasteiger partial charge in [0, 0.05) is 34.4 Å². The zero-order chi connectivity index (χ0) is 23.0. The lowest BCUT2D eigenvalue weighted by molar-refractivity contribution is 0.300. The van der Waals surface area contributed by atoms with E-state index in [1.54, 1.807) is 30.5 Å². The van der Waals surface area contributed by atoms with Crippen molar-refractivity contribution in [3.63, 3.8) is 0 Å². The quantitative estimate of drug-likeness (QED) is 0.255. The first-order valence-corrected chi connectivity index (χ1v) is 11.8. The van der Waals surface area contributed by atoms with Crippen molar-refractivity contribution in [3.05, 3.63) is 94.2 Å². The topological polar surface area (TPSA) is 66.0 Å². The molecule has 0 unspecified atom stereocenters. The summed E-state index contributed by atoms with van der Waals surface area (Å²) in [5.74, 6) is 2.63. The number of ether oxygens (including phenoxy) is 1. The molecule has 0 amide bonds. The summed E-state index contributed by atoms with van der Waals surface area (Å²) >= 11 is 7.63. The van der Waals surface area contributed by atoms with E-state index in [1.807, 2.05) is 34.8 Å². The van der Waals surface area contributed by atoms with Gasteiger partial charge in [-0.2, -0.15) is 11.8 Å². The summed E-state index contributed by atoms with van der Waals surface area (Å²) in [6, 6.07) is 10.6. The molecule has 0 N–H and O–H groups in total. The third kappa shape index (κ3) is 6.69. The molecular weight excluding hydrogens is 463 g/mol. The molecule has 6 nitrogen and oxygen atoms in total. The van der Waals surface area contributed by atoms with Crippen LogP contribution < -0.4 is 4.74 Å². The van der Waals surface area contributed by atoms with Crippen LogP contribution in [0.1, 0.15) is 28.3 Å². The van der Waals surface area contributed by atoms with Gasteiger partial charge in [-0.1, -0.05) is 28.9 Å². The van der Waals surface area contributed by atoms with Gasteiger partial charge < -0.3 is 9.15 Å². The fourth-order valence-corrected chi connectivity index (χ4v) is 4.20. The number of halogens is 2. The van der Waals surface area contributed by atoms with E-state index in [0.29, 0.717) is 22.2 Å². The third-order valence-electron chi connectivity index (χ3n) is 4.83. The summed E-state index contributed by atoms with van der Waals surface area (Å²) in [6.45, 7) is 3.20. The molecular formula is C24H22ClFN4O2S. The summed E-state index contributed by atoms with van der Waals surface area (Å²) in [5.41, 5.74) is 3.50. The van der Waals surface area contributed by atoms with Gasteiger partial charge in [0.05, 0.1) is 12.7 Å². The molecule has 170 valence electrons. The van der Waals surface area contributed by atoms with Crippen molar-refractivity contribution in [2.75, 3.05) is 5.75 Å². The van der Waals surface area contributed by atoms with Crippen molar-refractivity contribution in [3.8, 4) is 5.75 Å². The lowest BCUT2D eigenvalue weighted by atomic mass is 10.1. The van der Waals surface area contributed by atoms with Gasteiger partial charge in [0.25, 0.3) is 0 Å². The largest absolute Gasteiger partial charge is 0.487 e. The Bertz CT molecular complexity index is 1230. The van der Waals surface area contributed by atoms with Crippen LogP contribution in [0.25, 0.3) is 12.2 Å². The number of oxazole rings is 1. The van der Waals surface area contributed by atoms with E-state index in [9.17, 15) is 4.39 Å². The Morgan fingerprint density at radius 2 is 2.12 bits per heavy atom. The van der Waals surface area contributed by atoms with E-state index >= 15 is 0 Å². The Hall–Kier alpha value is -3.10. The van der Waals surface area contributed by atoms with Crippen LogP contribution >= 0.6 is 23.4 Å². The highest BCUT2D eigenvalue weighted by atomic mass is 35.5. The van der Waals surface area contributed by atoms with Crippen LogP contribution in [0, 0.1) is 12.7 Å². The van der Waals surface area contributed by atoms with Gasteiger partial charge in [-0.15, -0.1) is 5.10 Å². The average Bonchev–Trinajstić information content (AvgIpc) is 3.48. The fraction of sp³-hybridized carbons (Fsp3) is 0.208. The smallest absolute Gasteiger partial charge is 0.218 e. The maximum atomic E-state index is 13.9. The monoisotopic (exact) mass is 484 g/mol. The van der Waals surface area contributed by atoms with Gasteiger partial charge in [0.15, 0.2) is 0 Å². The Kier molecular flexibility index (Phi) is 7.80. The van der Waals surface area contributed by atoms with Crippen LogP contribution in [0.15, 0.2) is 59.5 Å². The van der Waals surface area contributed by atoms with Crippen molar-refractivity contribution in [2.24, 2.45) is 0 Å². The minimum absolute atomic E-state index is 0.276. The predicted octanol–water partition coefficient (Wildman–Crippen LogP) is 6.05. The minimum atomic E-state index is -0.402. The van der Waals surface area contributed by atoms with E-state index in [0.717, 1.165) is 23.8 Å². The Morgan fingerprint density at radius 1 is 1.21 bits per heavy atom. The van der Waals surface area contributed by atoms with E-state index < -0.39 is 5.82 Å². The van der Waals surface area contributed by atoms with E-state index in [1.165, 1.54) is 23.5 Å². The molecule has 2 heterocycles. The van der Waals surface area contributed by atoms with Crippen LogP contribution in [0.3, 0.4) is 0 Å². The van der Waals surface area contributed by atoms with Crippen LogP contribution in [0.4, 0.5) is 4.39 Å². The summed E-state index contributed by atoms with van der Waals surface area (Å²) < 4.78 is 27.0. The van der Waals surface area contributed by atoms with Crippen molar-refractivity contribution < 1.29 is 13.5 Å². The van der Waals surface area contributed by atoms with Crippen LogP contribution in [0.2, 0.25) is 5.02 Å². The molecule has 2 aromatic heterocycles. The first-order chi connectivity index (χ1) is 16.1. The van der Waals surface area contributed by atoms with E-state index in [4.69, 9.17) is 20.8 Å². The molecule has 0 bridgehead atoms. The molecule has 0 radical (unpaired) electrons. The number of hydrogen-bond donors (Lipinski definition) is 0. The summed E-state index contributed by atoms with van der Waals surface area (Å²) in [6.07, 6.45) is 8.28. The van der Waals surface area contributed by atoms with Crippen LogP contribution in [-0.2, 0) is 18.9 Å². The second kappa shape index (κ2) is 11.2. The molecule has 2 aromatic carbocycles. The van der Waals surface area contributed by atoms with Crippen molar-refractivity contribution in [1.29, 1.82) is 0 Å². The highest BCUT2D eigenvalue weighted by Crippen LogP contribution is 2.22. The number of aromatic nitrogens is 4. The van der Waals surface area contributed by atoms with Gasteiger partial charge in [0.2, 0.25) is 5.89 Å². The number of hydrogen-bond acceptors (Lipinski definition) is 6. The number of rotatable bonds is 10. The second-order valence-electron chi connectivity index (χ2n) is 7.27. The highest BCUT2D eigenvalue weighted by molar-refractivity contribution is 7.98. The Balaban J connectivity index is 1.26. The molecule has 0 saturated heterocycles. The second-order valence-corrected chi connectivity index (χ2v) is 8.81. The molecule has 0 saturated carbocycles. The van der Waals surface area contributed by atoms with Crippen LogP contribution in [-0.4, -0.2) is 25.7 Å². The average molecular weight is 485 g/mol. The predicted molar refractivity (Wildman–Crippen MR) is 129 cm³/mol. The Labute approximate surface area is 200 Å². The summed E-state index contributed by atoms with van der Waals surface area (Å²) in [7, 11) is 0. The van der Waals surface area contributed by atoms with Gasteiger partial charge in [-0.05, 0) is 48.4 Å². The van der Waals surface area contributed by atoms with Crippen molar-refractivity contribution in [1.82, 2.24) is 20.0 Å². The normalized spacial score (nSPS) is 11.4. The molecule has 0 fully saturated rings. The van der Waals surface area contributed by atoms with E-state index in [2.05, 4.69) is 28.3 Å². The lowest BCUT2D eigenvalue weighted by Gasteiger charge is -2.09. The maximum Gasteiger partial charge on any atom is 0.218 e. The van der Waals surface area contributed by atoms with Crippen LogP contribution in [0.5, 0.6) is 5.75 Å². The highest BCUT2D eigenvalue weighted by Gasteiger charge is 2.06. The molecule has 4 aromatic rings. The number of benzene rings is 2. The lowest BCUT2D eigenvalue weighted by Crippen LogP contribution is -2.01. The minimum Gasteiger partial charge on any atom is -0.487 e. The number of thioether (sulfide) groups is 1. The molecule has 4 rings (SSSR count). The Morgan fingerprint density at radius 3 is 2.91 bits per heavy atom. The zero-order valence-corrected chi connectivity index (χ0v) is 19.5. The third-order valence-corrected chi connectivity index (χ3v) is 6.05. The van der Waals surface area contributed by atoms with Crippen molar-refractivity contribution >= 4 is 35.5 Å². The van der Waals surface area contributed by atoms with E-state index in [-0.39, 0.29) is 6.61 Å². The molecule has 0 aliphatic heterocycles. The van der Waals surface area contributed by atoms with Gasteiger partial charge >= 0.3 is 0 Å². The van der Waals surface area contributed by atoms with Crippen molar-refractivity contribution in [2.45, 2.75) is 25.8 Å². The SMILES string of the molecule is Cc1cc(OCc2coc(/C=C/c3ccc(Cl)cc3F)n2)ccc1CSCCn1ccnn1. The molecule has 0 aliphatic rings. The molecule has 0 aliphatic carbocycles. The zero-order valence-electron chi connectivity index (χ0n) is 17.9. The summed E-state index contributed by atoms with van der Waals surface area (Å²) in [4.78, 5) is 4.36. The maximum absolute atomic E-state index is 13.9. The number of nitrogens with zero attached hydrogens (tertiary/aromatic N) is 4. The standard InChI is InChI=1S/C24H22ClFN4O2S/c1-17-12-22(6-3-19(17)16-33-11-10-30-9-8-27-29-30)31-14-21-15-32-24(28-21)7-4-18-2-5-20(25)13-23(18)26/h2-9,12-13,15H,10-11,14,16H2,1H3/b7-4+. The molecule has 0 spiro atoms. The molecule has 9 heteroatoms. The first-order valence-electron chi connectivity index (χ1n) is 10.3. The van der Waals surface area contributed by atoms with Gasteiger partial charge in [0.1, 0.15) is 30.1 Å². The summed E-state index contributed by atoms with van der Waals surface area (Å²) in [5, 5.41) is 8.13. The number of aryl methyl sites for hydroxylation is 2. The molecule has 0 atom stereocenters. The first kappa shape index (κ1) is 23.1. The van der Waals surface area contributed by atoms with Gasteiger partial charge in [-0.25, -0.2) is 9.37 Å². The fourth-order valence-electron chi connectivity index (χ4n) is 3.03. The van der Waals surface area contributed by atoms with Gasteiger partial charge in [-0.3, -0.25) is 4.68 Å².